The van der Waals surface area contributed by atoms with Gasteiger partial charge >= 0.3 is 0 Å². The number of aromatic nitrogens is 1. The first-order valence-electron chi connectivity index (χ1n) is 13.6. The van der Waals surface area contributed by atoms with Gasteiger partial charge in [-0.25, -0.2) is 4.99 Å². The standard InChI is InChI=1S/C33H26N4O6S/c1-19-9-10-22(17-26(19)37(40)41)27-16-15-25(43-27)18-28-32(39)36-30(21-11-13-24(42-3)14-12-21)29(20(2)34-33(36)44-28)31(38)35-23-7-5-4-6-8-23/h4-18,30H,1-3H3,(H,35,38)/b28-18+/t30-/m0/s1. The summed E-state index contributed by atoms with van der Waals surface area (Å²) in [7, 11) is 1.57. The molecule has 0 bridgehead atoms. The Labute approximate surface area is 255 Å². The van der Waals surface area contributed by atoms with Crippen LogP contribution in [0.3, 0.4) is 0 Å². The van der Waals surface area contributed by atoms with Crippen molar-refractivity contribution in [1.29, 1.82) is 0 Å². The first-order chi connectivity index (χ1) is 21.2. The number of para-hydroxylation sites is 1. The summed E-state index contributed by atoms with van der Waals surface area (Å²) in [5.74, 6) is 1.10. The van der Waals surface area contributed by atoms with Gasteiger partial charge in [0.25, 0.3) is 17.2 Å². The molecular formula is C33H26N4O6S. The molecule has 6 rings (SSSR count). The summed E-state index contributed by atoms with van der Waals surface area (Å²) in [5.41, 5.74) is 2.93. The van der Waals surface area contributed by atoms with Crippen LogP contribution in [0.25, 0.3) is 17.4 Å². The second-order valence-electron chi connectivity index (χ2n) is 10.1. The van der Waals surface area contributed by atoms with Gasteiger partial charge in [-0.05, 0) is 55.8 Å². The number of aryl methyl sites for hydroxylation is 1. The molecule has 3 heterocycles. The number of carbonyl (C=O) groups is 1. The summed E-state index contributed by atoms with van der Waals surface area (Å²) in [6.45, 7) is 3.43. The Morgan fingerprint density at radius 2 is 1.82 bits per heavy atom. The lowest BCUT2D eigenvalue weighted by molar-refractivity contribution is -0.385. The van der Waals surface area contributed by atoms with E-state index in [1.165, 1.54) is 22.0 Å². The number of furan rings is 1. The van der Waals surface area contributed by atoms with E-state index in [1.54, 1.807) is 75.6 Å². The van der Waals surface area contributed by atoms with Crippen LogP contribution < -0.4 is 24.9 Å². The zero-order valence-corrected chi connectivity index (χ0v) is 24.8. The number of fused-ring (bicyclic) bond motifs is 1. The number of nitrogens with zero attached hydrogens (tertiary/aromatic N) is 3. The van der Waals surface area contributed by atoms with Gasteiger partial charge < -0.3 is 14.5 Å². The molecule has 0 saturated heterocycles. The number of hydrogen-bond acceptors (Lipinski definition) is 8. The Morgan fingerprint density at radius 1 is 1.07 bits per heavy atom. The van der Waals surface area contributed by atoms with Gasteiger partial charge in [-0.2, -0.15) is 0 Å². The average Bonchev–Trinajstić information content (AvgIpc) is 3.61. The number of methoxy groups -OCH3 is 1. The van der Waals surface area contributed by atoms with Crippen LogP contribution in [-0.4, -0.2) is 22.5 Å². The van der Waals surface area contributed by atoms with Crippen molar-refractivity contribution in [2.45, 2.75) is 19.9 Å². The fraction of sp³-hybridized carbons (Fsp3) is 0.121. The van der Waals surface area contributed by atoms with Crippen molar-refractivity contribution in [3.8, 4) is 17.1 Å². The minimum Gasteiger partial charge on any atom is -0.497 e. The highest BCUT2D eigenvalue weighted by molar-refractivity contribution is 7.07. The maximum Gasteiger partial charge on any atom is 0.273 e. The second-order valence-corrected chi connectivity index (χ2v) is 11.1. The first-order valence-corrected chi connectivity index (χ1v) is 14.4. The van der Waals surface area contributed by atoms with Crippen molar-refractivity contribution in [2.75, 3.05) is 12.4 Å². The molecule has 1 aliphatic heterocycles. The van der Waals surface area contributed by atoms with E-state index in [0.717, 1.165) is 0 Å². The quantitative estimate of drug-likeness (QED) is 0.196. The van der Waals surface area contributed by atoms with Crippen molar-refractivity contribution in [3.05, 3.63) is 143 Å². The van der Waals surface area contributed by atoms with E-state index in [9.17, 15) is 19.7 Å². The fourth-order valence-corrected chi connectivity index (χ4v) is 6.13. The van der Waals surface area contributed by atoms with Crippen LogP contribution in [0.4, 0.5) is 11.4 Å². The minimum atomic E-state index is -0.747. The summed E-state index contributed by atoms with van der Waals surface area (Å²) >= 11 is 1.19. The van der Waals surface area contributed by atoms with Crippen molar-refractivity contribution in [1.82, 2.24) is 4.57 Å². The van der Waals surface area contributed by atoms with Gasteiger partial charge in [0.1, 0.15) is 17.3 Å². The average molecular weight is 607 g/mol. The number of nitrogens with one attached hydrogen (secondary N) is 1. The van der Waals surface area contributed by atoms with Crippen molar-refractivity contribution < 1.29 is 18.9 Å². The maximum absolute atomic E-state index is 14.0. The van der Waals surface area contributed by atoms with Crippen LogP contribution in [0.2, 0.25) is 0 Å². The smallest absolute Gasteiger partial charge is 0.273 e. The van der Waals surface area contributed by atoms with Gasteiger partial charge in [0.15, 0.2) is 4.80 Å². The number of nitro groups is 1. The van der Waals surface area contributed by atoms with Gasteiger partial charge in [0.05, 0.1) is 33.9 Å². The molecule has 0 aliphatic carbocycles. The lowest BCUT2D eigenvalue weighted by atomic mass is 9.95. The topological polar surface area (TPSA) is 129 Å². The van der Waals surface area contributed by atoms with Crippen LogP contribution in [0, 0.1) is 17.0 Å². The van der Waals surface area contributed by atoms with Crippen molar-refractivity contribution in [3.63, 3.8) is 0 Å². The zero-order chi connectivity index (χ0) is 31.0. The normalized spacial score (nSPS) is 14.6. The van der Waals surface area contributed by atoms with Gasteiger partial charge in [-0.1, -0.05) is 53.8 Å². The molecule has 2 aromatic heterocycles. The minimum absolute atomic E-state index is 0.00485. The van der Waals surface area contributed by atoms with E-state index in [1.807, 2.05) is 30.3 Å². The van der Waals surface area contributed by atoms with Crippen LogP contribution in [0.5, 0.6) is 5.75 Å². The lowest BCUT2D eigenvalue weighted by Gasteiger charge is -2.25. The first kappa shape index (κ1) is 28.6. The molecule has 44 heavy (non-hydrogen) atoms. The zero-order valence-electron chi connectivity index (χ0n) is 23.9. The number of ether oxygens (including phenoxy) is 1. The third kappa shape index (κ3) is 5.36. The number of hydrogen-bond donors (Lipinski definition) is 1. The number of benzene rings is 3. The van der Waals surface area contributed by atoms with Crippen LogP contribution in [0.15, 0.2) is 110 Å². The van der Waals surface area contributed by atoms with Gasteiger partial charge in [-0.15, -0.1) is 0 Å². The second kappa shape index (κ2) is 11.6. The largest absolute Gasteiger partial charge is 0.497 e. The molecule has 3 aromatic carbocycles. The molecule has 0 fully saturated rings. The SMILES string of the molecule is COc1ccc([C@H]2C(C(=O)Nc3ccccc3)=C(C)N=c3s/c(=C/c4ccc(-c5ccc(C)c([N+](=O)[O-])c5)o4)c(=O)n32)cc1. The van der Waals surface area contributed by atoms with Gasteiger partial charge in [0.2, 0.25) is 0 Å². The molecule has 0 saturated carbocycles. The molecule has 0 unspecified atom stereocenters. The molecule has 1 amide bonds. The molecule has 220 valence electrons. The van der Waals surface area contributed by atoms with E-state index in [-0.39, 0.29) is 17.2 Å². The van der Waals surface area contributed by atoms with Crippen LogP contribution >= 0.6 is 11.3 Å². The molecule has 1 N–H and O–H groups in total. The maximum atomic E-state index is 14.0. The third-order valence-corrected chi connectivity index (χ3v) is 8.30. The molecule has 1 atom stereocenters. The molecule has 11 heteroatoms. The summed E-state index contributed by atoms with van der Waals surface area (Å²) < 4.78 is 13.2. The summed E-state index contributed by atoms with van der Waals surface area (Å²) in [5, 5.41) is 14.4. The van der Waals surface area contributed by atoms with E-state index in [4.69, 9.17) is 9.15 Å². The molecule has 0 spiro atoms. The summed E-state index contributed by atoms with van der Waals surface area (Å²) in [6, 6.07) is 23.8. The number of carbonyl (C=O) groups excluding carboxylic acids is 1. The Kier molecular flexibility index (Phi) is 7.54. The summed E-state index contributed by atoms with van der Waals surface area (Å²) in [6.07, 6.45) is 1.62. The van der Waals surface area contributed by atoms with Crippen LogP contribution in [0.1, 0.15) is 29.9 Å². The number of rotatable bonds is 7. The van der Waals surface area contributed by atoms with E-state index >= 15 is 0 Å². The van der Waals surface area contributed by atoms with Crippen molar-refractivity contribution in [2.24, 2.45) is 4.99 Å². The Balaban J connectivity index is 1.43. The number of nitro benzene ring substituents is 1. The number of amides is 1. The fourth-order valence-electron chi connectivity index (χ4n) is 5.11. The lowest BCUT2D eigenvalue weighted by Crippen LogP contribution is -2.40. The van der Waals surface area contributed by atoms with E-state index in [0.29, 0.717) is 60.3 Å². The molecule has 10 nitrogen and oxygen atoms in total. The Morgan fingerprint density at radius 3 is 2.52 bits per heavy atom. The van der Waals surface area contributed by atoms with Gasteiger partial charge in [-0.3, -0.25) is 24.3 Å². The van der Waals surface area contributed by atoms with E-state index in [2.05, 4.69) is 10.3 Å². The molecule has 5 aromatic rings. The summed E-state index contributed by atoms with van der Waals surface area (Å²) in [4.78, 5) is 43.8. The number of thiazole rings is 1. The predicted octanol–water partition coefficient (Wildman–Crippen LogP) is 5.36. The third-order valence-electron chi connectivity index (χ3n) is 7.32. The number of anilines is 1. The number of allylic oxidation sites excluding steroid dienone is 1. The molecule has 0 radical (unpaired) electrons. The van der Waals surface area contributed by atoms with Gasteiger partial charge in [0, 0.05) is 29.0 Å². The monoisotopic (exact) mass is 606 g/mol. The van der Waals surface area contributed by atoms with Crippen molar-refractivity contribution >= 4 is 34.7 Å². The Bertz CT molecular complexity index is 2130. The van der Waals surface area contributed by atoms with Crippen LogP contribution in [-0.2, 0) is 4.79 Å². The Hall–Kier alpha value is -5.55. The molecule has 1 aliphatic rings. The highest BCUT2D eigenvalue weighted by Crippen LogP contribution is 2.32. The highest BCUT2D eigenvalue weighted by Gasteiger charge is 2.32. The predicted molar refractivity (Wildman–Crippen MR) is 167 cm³/mol. The molecular weight excluding hydrogens is 580 g/mol. The van der Waals surface area contributed by atoms with E-state index < -0.39 is 11.0 Å². The highest BCUT2D eigenvalue weighted by atomic mass is 32.1.